The van der Waals surface area contributed by atoms with Crippen LogP contribution < -0.4 is 30.9 Å². The van der Waals surface area contributed by atoms with Crippen molar-refractivity contribution in [3.05, 3.63) is 83.0 Å². The summed E-state index contributed by atoms with van der Waals surface area (Å²) in [6, 6.07) is 17.2. The van der Waals surface area contributed by atoms with E-state index in [4.69, 9.17) is 16.3 Å². The number of amides is 5. The number of para-hydroxylation sites is 1. The smallest absolute Gasteiger partial charge is 0.263 e. The van der Waals surface area contributed by atoms with Crippen molar-refractivity contribution in [2.75, 3.05) is 61.9 Å². The third-order valence-corrected chi connectivity index (χ3v) is 13.6. The van der Waals surface area contributed by atoms with Crippen LogP contribution in [0.4, 0.5) is 28.8 Å². The summed E-state index contributed by atoms with van der Waals surface area (Å²) >= 11 is 7.78. The van der Waals surface area contributed by atoms with Crippen LogP contribution in [0.3, 0.4) is 0 Å². The molecule has 308 valence electrons. The summed E-state index contributed by atoms with van der Waals surface area (Å²) in [6.45, 7) is 4.87. The number of aromatic nitrogens is 2. The Balaban J connectivity index is 0.923. The van der Waals surface area contributed by atoms with Crippen molar-refractivity contribution in [3.63, 3.8) is 0 Å². The molecule has 3 aliphatic rings. The Morgan fingerprint density at radius 2 is 1.76 bits per heavy atom. The lowest BCUT2D eigenvalue weighted by Crippen LogP contribution is -2.54. The molecule has 0 bridgehead atoms. The zero-order chi connectivity index (χ0) is 42.0. The van der Waals surface area contributed by atoms with Gasteiger partial charge in [-0.15, -0.1) is 11.8 Å². The van der Waals surface area contributed by atoms with Crippen molar-refractivity contribution in [3.8, 4) is 5.75 Å². The number of hydrogen-bond donors (Lipinski definition) is 3. The molecule has 59 heavy (non-hydrogen) atoms. The Labute approximate surface area is 351 Å². The zero-order valence-corrected chi connectivity index (χ0v) is 35.5. The number of carbonyl (C=O) groups is 5. The number of methoxy groups -OCH3 is 1. The van der Waals surface area contributed by atoms with Gasteiger partial charge in [0.2, 0.25) is 23.7 Å². The van der Waals surface area contributed by atoms with Gasteiger partial charge in [0.25, 0.3) is 11.8 Å². The van der Waals surface area contributed by atoms with Crippen LogP contribution in [0, 0.1) is 0 Å². The molecule has 0 spiro atoms. The van der Waals surface area contributed by atoms with Gasteiger partial charge in [0.05, 0.1) is 35.8 Å². The van der Waals surface area contributed by atoms with E-state index in [1.54, 1.807) is 43.5 Å². The highest BCUT2D eigenvalue weighted by atomic mass is 35.5. The van der Waals surface area contributed by atoms with Gasteiger partial charge in [0.1, 0.15) is 24.0 Å². The van der Waals surface area contributed by atoms with Crippen LogP contribution in [0.5, 0.6) is 5.75 Å². The van der Waals surface area contributed by atoms with Crippen molar-refractivity contribution in [1.29, 1.82) is 0 Å². The molecular weight excluding hydrogens is 815 g/mol. The minimum Gasteiger partial charge on any atom is -0.494 e. The Kier molecular flexibility index (Phi) is 12.3. The molecule has 15 nitrogen and oxygen atoms in total. The summed E-state index contributed by atoms with van der Waals surface area (Å²) in [5.74, 6) is -0.597. The number of ether oxygens (including phenoxy) is 1. The summed E-state index contributed by atoms with van der Waals surface area (Å²) in [5.41, 5.74) is 2.71. The number of carbonyl (C=O) groups excluding carboxylic acids is 5. The van der Waals surface area contributed by atoms with Gasteiger partial charge < -0.3 is 29.7 Å². The summed E-state index contributed by atoms with van der Waals surface area (Å²) in [7, 11) is 0.836. The Bertz CT molecular complexity index is 2390. The van der Waals surface area contributed by atoms with E-state index in [0.29, 0.717) is 43.9 Å². The number of imide groups is 2. The average molecular weight is 859 g/mol. The van der Waals surface area contributed by atoms with Crippen LogP contribution in [0.2, 0.25) is 5.02 Å². The van der Waals surface area contributed by atoms with Crippen LogP contribution in [0.15, 0.2) is 71.8 Å². The fourth-order valence-electron chi connectivity index (χ4n) is 7.54. The molecule has 1 aromatic heterocycles. The zero-order valence-electron chi connectivity index (χ0n) is 33.0. The molecule has 4 heterocycles. The SMILES string of the molecule is COc1cc(N2CCC(N(C)C(=O)CCSc3cccc4c3C(=O)N(C3CCC(=O)NC3=O)C4=O)CC2)ccc1Nc1ncc(Cl)c(Nc2ccccc2P(C)(C)=O)n1. The molecule has 0 radical (unpaired) electrons. The van der Waals surface area contributed by atoms with Crippen LogP contribution in [-0.4, -0.2) is 108 Å². The number of rotatable bonds is 13. The maximum absolute atomic E-state index is 13.4. The number of hydrogen-bond acceptors (Lipinski definition) is 13. The molecule has 3 aromatic carbocycles. The number of anilines is 5. The molecule has 2 fully saturated rings. The predicted octanol–water partition coefficient (Wildman–Crippen LogP) is 5.88. The second-order valence-corrected chi connectivity index (χ2v) is 19.6. The van der Waals surface area contributed by atoms with Crippen LogP contribution in [0.1, 0.15) is 52.8 Å². The summed E-state index contributed by atoms with van der Waals surface area (Å²) in [5, 5.41) is 9.64. The van der Waals surface area contributed by atoms with E-state index in [2.05, 4.69) is 30.8 Å². The summed E-state index contributed by atoms with van der Waals surface area (Å²) < 4.78 is 18.6. The van der Waals surface area contributed by atoms with E-state index in [1.165, 1.54) is 18.0 Å². The Morgan fingerprint density at radius 1 is 1.00 bits per heavy atom. The molecule has 7 rings (SSSR count). The molecule has 18 heteroatoms. The Morgan fingerprint density at radius 3 is 2.49 bits per heavy atom. The molecule has 3 aliphatic heterocycles. The Hall–Kier alpha value is -5.44. The number of benzene rings is 3. The first kappa shape index (κ1) is 41.7. The fourth-order valence-corrected chi connectivity index (χ4v) is 9.84. The second-order valence-electron chi connectivity index (χ2n) is 14.8. The first-order valence-electron chi connectivity index (χ1n) is 19.1. The summed E-state index contributed by atoms with van der Waals surface area (Å²) in [4.78, 5) is 78.6. The number of nitrogens with zero attached hydrogens (tertiary/aromatic N) is 5. The highest BCUT2D eigenvalue weighted by molar-refractivity contribution is 7.99. The van der Waals surface area contributed by atoms with Crippen molar-refractivity contribution in [2.45, 2.75) is 49.1 Å². The fraction of sp³-hybridized carbons (Fsp3) is 0.341. The average Bonchev–Trinajstić information content (AvgIpc) is 3.47. The molecule has 0 saturated carbocycles. The number of halogens is 1. The largest absolute Gasteiger partial charge is 0.494 e. The lowest BCUT2D eigenvalue weighted by Gasteiger charge is -2.38. The van der Waals surface area contributed by atoms with E-state index < -0.39 is 36.8 Å². The molecule has 1 atom stereocenters. The lowest BCUT2D eigenvalue weighted by molar-refractivity contribution is -0.136. The van der Waals surface area contributed by atoms with Gasteiger partial charge >= 0.3 is 0 Å². The maximum Gasteiger partial charge on any atom is 0.263 e. The lowest BCUT2D eigenvalue weighted by atomic mass is 10.0. The first-order chi connectivity index (χ1) is 28.2. The second kappa shape index (κ2) is 17.4. The normalized spacial score (nSPS) is 17.1. The van der Waals surface area contributed by atoms with Crippen molar-refractivity contribution in [2.24, 2.45) is 0 Å². The van der Waals surface area contributed by atoms with E-state index in [0.717, 1.165) is 36.5 Å². The third kappa shape index (κ3) is 8.94. The minimum atomic E-state index is -2.58. The standard InChI is InChI=1S/C41H44ClN8O7PS/c1-48(35(52)18-21-59-33-11-7-8-26-36(33)40(55)50(39(26)54)30-14-15-34(51)46-38(30)53)24-16-19-49(20-17-24)25-12-13-28(31(22-25)57-2)45-41-43-23-27(42)37(47-41)44-29-9-5-6-10-32(29)58(3,4)56/h5-13,22-24,30H,14-21H2,1-4H3,(H,46,51,53)(H2,43,44,45,47). The molecule has 1 unspecified atom stereocenters. The number of nitrogens with one attached hydrogen (secondary N) is 3. The number of piperidine rings is 2. The predicted molar refractivity (Wildman–Crippen MR) is 229 cm³/mol. The van der Waals surface area contributed by atoms with Crippen LogP contribution in [0.25, 0.3) is 0 Å². The van der Waals surface area contributed by atoms with Gasteiger partial charge in [-0.2, -0.15) is 4.98 Å². The van der Waals surface area contributed by atoms with Gasteiger partial charge in [-0.3, -0.25) is 34.2 Å². The van der Waals surface area contributed by atoms with E-state index in [1.807, 2.05) is 49.5 Å². The highest BCUT2D eigenvalue weighted by Crippen LogP contribution is 2.39. The van der Waals surface area contributed by atoms with Crippen molar-refractivity contribution >= 4 is 94.2 Å². The number of thioether (sulfide) groups is 1. The third-order valence-electron chi connectivity index (χ3n) is 10.7. The monoisotopic (exact) mass is 858 g/mol. The van der Waals surface area contributed by atoms with E-state index >= 15 is 0 Å². The molecule has 2 saturated heterocycles. The van der Waals surface area contributed by atoms with Crippen LogP contribution >= 0.6 is 30.5 Å². The molecule has 5 amide bonds. The maximum atomic E-state index is 13.4. The van der Waals surface area contributed by atoms with Gasteiger partial charge in [-0.05, 0) is 69.0 Å². The van der Waals surface area contributed by atoms with E-state index in [-0.39, 0.29) is 48.3 Å². The quantitative estimate of drug-likeness (QED) is 0.0824. The van der Waals surface area contributed by atoms with Gasteiger partial charge in [-0.1, -0.05) is 29.8 Å². The molecule has 0 aliphatic carbocycles. The topological polar surface area (TPSA) is 183 Å². The first-order valence-corrected chi connectivity index (χ1v) is 23.1. The van der Waals surface area contributed by atoms with Crippen LogP contribution in [-0.2, 0) is 18.9 Å². The molecule has 4 aromatic rings. The van der Waals surface area contributed by atoms with E-state index in [9.17, 15) is 28.5 Å². The summed E-state index contributed by atoms with van der Waals surface area (Å²) in [6.07, 6.45) is 3.38. The van der Waals surface area contributed by atoms with Gasteiger partial charge in [0, 0.05) is 66.7 Å². The molecular formula is C41H44ClN8O7PS. The molecule has 3 N–H and O–H groups in total. The van der Waals surface area contributed by atoms with Crippen molar-refractivity contribution < 1.29 is 33.3 Å². The minimum absolute atomic E-state index is 0.0177. The highest BCUT2D eigenvalue weighted by Gasteiger charge is 2.45. The van der Waals surface area contributed by atoms with Crippen molar-refractivity contribution in [1.82, 2.24) is 25.1 Å². The number of fused-ring (bicyclic) bond motifs is 1. The van der Waals surface area contributed by atoms with Gasteiger partial charge in [-0.25, -0.2) is 4.98 Å². The van der Waals surface area contributed by atoms with Gasteiger partial charge in [0.15, 0.2) is 5.82 Å².